The Morgan fingerprint density at radius 2 is 1.59 bits per heavy atom. The van der Waals surface area contributed by atoms with Gasteiger partial charge in [0, 0.05) is 5.41 Å². The fourth-order valence-electron chi connectivity index (χ4n) is 8.25. The summed E-state index contributed by atoms with van der Waals surface area (Å²) in [6, 6.07) is 0. The second-order valence-electron chi connectivity index (χ2n) is 11.0. The van der Waals surface area contributed by atoms with Crippen molar-refractivity contribution in [2.45, 2.75) is 118 Å². The minimum atomic E-state index is -0.340. The van der Waals surface area contributed by atoms with E-state index in [1.807, 2.05) is 13.8 Å². The summed E-state index contributed by atoms with van der Waals surface area (Å²) in [4.78, 5) is 0. The standard InChI is InChI=1S/C25H44O2.C2H6/c1-6-19-11-13-23(4)20(17-19)9-10-21-18(3)24(5,14-12-22(21)23)25(7-2)26-15-8-16-27-25;1-2/h18-22H,6-17H2,1-5H3;1-2H3. The molecule has 0 aromatic rings. The molecule has 4 rings (SSSR count). The number of rotatable bonds is 3. The molecule has 170 valence electrons. The van der Waals surface area contributed by atoms with E-state index >= 15 is 0 Å². The molecule has 29 heavy (non-hydrogen) atoms. The van der Waals surface area contributed by atoms with Gasteiger partial charge in [0.15, 0.2) is 5.79 Å². The third-order valence-electron chi connectivity index (χ3n) is 10.3. The van der Waals surface area contributed by atoms with Crippen LogP contribution < -0.4 is 0 Å². The van der Waals surface area contributed by atoms with Gasteiger partial charge < -0.3 is 9.47 Å². The first kappa shape index (κ1) is 23.6. The lowest BCUT2D eigenvalue weighted by atomic mass is 9.43. The third-order valence-corrected chi connectivity index (χ3v) is 10.3. The average molecular weight is 407 g/mol. The molecule has 0 amide bonds. The van der Waals surface area contributed by atoms with Crippen LogP contribution in [0.3, 0.4) is 0 Å². The van der Waals surface area contributed by atoms with Crippen LogP contribution in [0.5, 0.6) is 0 Å². The van der Waals surface area contributed by atoms with Crippen molar-refractivity contribution in [2.75, 3.05) is 13.2 Å². The van der Waals surface area contributed by atoms with Gasteiger partial charge in [0.2, 0.25) is 0 Å². The summed E-state index contributed by atoms with van der Waals surface area (Å²) in [7, 11) is 0. The Balaban J connectivity index is 0.00000117. The van der Waals surface area contributed by atoms with Crippen LogP contribution in [-0.2, 0) is 9.47 Å². The van der Waals surface area contributed by atoms with Gasteiger partial charge in [0.05, 0.1) is 13.2 Å². The van der Waals surface area contributed by atoms with E-state index in [0.717, 1.165) is 49.7 Å². The van der Waals surface area contributed by atoms with E-state index in [2.05, 4.69) is 34.6 Å². The Hall–Kier alpha value is -0.0800. The molecule has 0 bridgehead atoms. The summed E-state index contributed by atoms with van der Waals surface area (Å²) in [5, 5.41) is 0. The van der Waals surface area contributed by atoms with Gasteiger partial charge in [-0.15, -0.1) is 0 Å². The molecular weight excluding hydrogens is 356 g/mol. The SMILES string of the molecule is CC.CCC1CCC2(C)C(CCC3C2CCC(C)(C2(CC)OCCCO2)C3C)C1. The second kappa shape index (κ2) is 9.19. The Labute approximate surface area is 181 Å². The maximum Gasteiger partial charge on any atom is 0.173 e. The topological polar surface area (TPSA) is 18.5 Å². The normalized spacial score (nSPS) is 46.7. The van der Waals surface area contributed by atoms with E-state index in [9.17, 15) is 0 Å². The van der Waals surface area contributed by atoms with Gasteiger partial charge in [-0.25, -0.2) is 0 Å². The summed E-state index contributed by atoms with van der Waals surface area (Å²) < 4.78 is 12.9. The zero-order chi connectivity index (χ0) is 21.3. The molecule has 1 heterocycles. The monoisotopic (exact) mass is 406 g/mol. The maximum absolute atomic E-state index is 6.45. The van der Waals surface area contributed by atoms with Crippen molar-refractivity contribution in [3.05, 3.63) is 0 Å². The summed E-state index contributed by atoms with van der Waals surface area (Å²) in [5.74, 6) is 4.12. The molecule has 0 N–H and O–H groups in total. The predicted molar refractivity (Wildman–Crippen MR) is 123 cm³/mol. The van der Waals surface area contributed by atoms with Crippen LogP contribution in [-0.4, -0.2) is 19.0 Å². The highest BCUT2D eigenvalue weighted by Gasteiger charge is 2.61. The molecule has 2 heteroatoms. The van der Waals surface area contributed by atoms with Gasteiger partial charge in [-0.05, 0) is 92.8 Å². The molecule has 4 aliphatic rings. The molecule has 0 radical (unpaired) electrons. The van der Waals surface area contributed by atoms with Gasteiger partial charge in [0.25, 0.3) is 0 Å². The third kappa shape index (κ3) is 3.73. The molecule has 7 unspecified atom stereocenters. The smallest absolute Gasteiger partial charge is 0.173 e. The van der Waals surface area contributed by atoms with Crippen molar-refractivity contribution in [1.82, 2.24) is 0 Å². The first-order chi connectivity index (χ1) is 13.9. The Morgan fingerprint density at radius 3 is 2.21 bits per heavy atom. The molecule has 7 atom stereocenters. The highest BCUT2D eigenvalue weighted by Crippen LogP contribution is 2.66. The van der Waals surface area contributed by atoms with Gasteiger partial charge in [0.1, 0.15) is 0 Å². The molecule has 0 spiro atoms. The van der Waals surface area contributed by atoms with Gasteiger partial charge in [-0.2, -0.15) is 0 Å². The van der Waals surface area contributed by atoms with Crippen molar-refractivity contribution >= 4 is 0 Å². The number of hydrogen-bond acceptors (Lipinski definition) is 2. The molecule has 0 aromatic heterocycles. The number of hydrogen-bond donors (Lipinski definition) is 0. The first-order valence-corrected chi connectivity index (χ1v) is 13.2. The molecule has 2 nitrogen and oxygen atoms in total. The molecule has 4 fully saturated rings. The van der Waals surface area contributed by atoms with E-state index in [4.69, 9.17) is 9.47 Å². The lowest BCUT2D eigenvalue weighted by molar-refractivity contribution is -0.345. The molecule has 3 saturated carbocycles. The van der Waals surface area contributed by atoms with E-state index in [1.54, 1.807) is 0 Å². The molecular formula is C27H50O2. The van der Waals surface area contributed by atoms with Crippen molar-refractivity contribution in [3.8, 4) is 0 Å². The Kier molecular flexibility index (Phi) is 7.47. The highest BCUT2D eigenvalue weighted by atomic mass is 16.7. The van der Waals surface area contributed by atoms with Crippen LogP contribution >= 0.6 is 0 Å². The van der Waals surface area contributed by atoms with E-state index in [1.165, 1.54) is 51.4 Å². The quantitative estimate of drug-likeness (QED) is 0.475. The number of ether oxygens (including phenoxy) is 2. The highest BCUT2D eigenvalue weighted by molar-refractivity contribution is 5.08. The predicted octanol–water partition coefficient (Wildman–Crippen LogP) is 7.85. The molecule has 1 aliphatic heterocycles. The molecule has 3 aliphatic carbocycles. The lowest BCUT2D eigenvalue weighted by Gasteiger charge is -2.64. The minimum absolute atomic E-state index is 0.160. The van der Waals surface area contributed by atoms with Crippen molar-refractivity contribution in [1.29, 1.82) is 0 Å². The Morgan fingerprint density at radius 1 is 0.897 bits per heavy atom. The minimum Gasteiger partial charge on any atom is -0.349 e. The van der Waals surface area contributed by atoms with E-state index in [0.29, 0.717) is 11.3 Å². The fourth-order valence-corrected chi connectivity index (χ4v) is 8.25. The van der Waals surface area contributed by atoms with Crippen LogP contribution in [0.4, 0.5) is 0 Å². The van der Waals surface area contributed by atoms with Gasteiger partial charge in [-0.1, -0.05) is 54.9 Å². The van der Waals surface area contributed by atoms with Gasteiger partial charge >= 0.3 is 0 Å². The van der Waals surface area contributed by atoms with Crippen LogP contribution in [0.2, 0.25) is 0 Å². The fraction of sp³-hybridized carbons (Fsp3) is 1.00. The Bertz CT molecular complexity index is 525. The van der Waals surface area contributed by atoms with Crippen LogP contribution in [0, 0.1) is 40.4 Å². The first-order valence-electron chi connectivity index (χ1n) is 13.2. The largest absolute Gasteiger partial charge is 0.349 e. The zero-order valence-corrected chi connectivity index (χ0v) is 20.7. The van der Waals surface area contributed by atoms with E-state index in [-0.39, 0.29) is 11.2 Å². The summed E-state index contributed by atoms with van der Waals surface area (Å²) >= 11 is 0. The average Bonchev–Trinajstić information content (AvgIpc) is 2.77. The zero-order valence-electron chi connectivity index (χ0n) is 20.7. The summed E-state index contributed by atoms with van der Waals surface area (Å²) in [6.45, 7) is 18.2. The summed E-state index contributed by atoms with van der Waals surface area (Å²) in [6.07, 6.45) is 13.5. The van der Waals surface area contributed by atoms with Crippen LogP contribution in [0.15, 0.2) is 0 Å². The molecule has 0 aromatic carbocycles. The second-order valence-corrected chi connectivity index (χ2v) is 11.0. The van der Waals surface area contributed by atoms with Crippen molar-refractivity contribution in [3.63, 3.8) is 0 Å². The van der Waals surface area contributed by atoms with Crippen molar-refractivity contribution in [2.24, 2.45) is 40.4 Å². The lowest BCUT2D eigenvalue weighted by Crippen LogP contribution is -2.62. The van der Waals surface area contributed by atoms with E-state index < -0.39 is 0 Å². The van der Waals surface area contributed by atoms with Crippen LogP contribution in [0.25, 0.3) is 0 Å². The van der Waals surface area contributed by atoms with Crippen molar-refractivity contribution < 1.29 is 9.47 Å². The van der Waals surface area contributed by atoms with Crippen LogP contribution in [0.1, 0.15) is 113 Å². The maximum atomic E-state index is 6.45. The van der Waals surface area contributed by atoms with Gasteiger partial charge in [-0.3, -0.25) is 0 Å². The molecule has 1 saturated heterocycles. The summed E-state index contributed by atoms with van der Waals surface area (Å²) in [5.41, 5.74) is 0.755. The number of fused-ring (bicyclic) bond motifs is 3.